The lowest BCUT2D eigenvalue weighted by atomic mass is 10.1. The standard InChI is InChI=1S/C24H27N3O4S/c1-4-15-26-21(16-22(28)25-17-7-11-19(12-8-17)30-5-2)23(29)27(24(26)32)18-9-13-20(14-10-18)31-6-3/h4,7-14,21H,1,5-6,15-16H2,2-3H3,(H,25,28)/t21-/m0/s1. The molecule has 1 aliphatic heterocycles. The summed E-state index contributed by atoms with van der Waals surface area (Å²) >= 11 is 5.58. The summed E-state index contributed by atoms with van der Waals surface area (Å²) in [7, 11) is 0. The molecule has 1 heterocycles. The first-order valence-corrected chi connectivity index (χ1v) is 10.9. The van der Waals surface area contributed by atoms with Crippen molar-refractivity contribution in [1.82, 2.24) is 4.90 Å². The van der Waals surface area contributed by atoms with Crippen LogP contribution in [0.1, 0.15) is 20.3 Å². The van der Waals surface area contributed by atoms with Crippen LogP contribution in [0.2, 0.25) is 0 Å². The van der Waals surface area contributed by atoms with Crippen molar-refractivity contribution in [3.63, 3.8) is 0 Å². The highest BCUT2D eigenvalue weighted by Crippen LogP contribution is 2.29. The molecule has 0 aromatic heterocycles. The molecule has 0 saturated carbocycles. The number of carbonyl (C=O) groups is 2. The zero-order valence-electron chi connectivity index (χ0n) is 18.2. The summed E-state index contributed by atoms with van der Waals surface area (Å²) in [6.45, 7) is 9.05. The minimum atomic E-state index is -0.713. The van der Waals surface area contributed by atoms with E-state index >= 15 is 0 Å². The maximum Gasteiger partial charge on any atom is 0.256 e. The number of hydrogen-bond donors (Lipinski definition) is 1. The van der Waals surface area contributed by atoms with Gasteiger partial charge in [-0.15, -0.1) is 6.58 Å². The van der Waals surface area contributed by atoms with Gasteiger partial charge < -0.3 is 19.7 Å². The van der Waals surface area contributed by atoms with Gasteiger partial charge in [-0.2, -0.15) is 0 Å². The topological polar surface area (TPSA) is 71.1 Å². The first kappa shape index (κ1) is 23.3. The molecule has 1 atom stereocenters. The van der Waals surface area contributed by atoms with Gasteiger partial charge in [-0.05, 0) is 74.6 Å². The maximum atomic E-state index is 13.3. The molecule has 1 fully saturated rings. The van der Waals surface area contributed by atoms with Gasteiger partial charge in [0.15, 0.2) is 5.11 Å². The second-order valence-electron chi connectivity index (χ2n) is 7.05. The lowest BCUT2D eigenvalue weighted by Gasteiger charge is -2.22. The zero-order chi connectivity index (χ0) is 23.1. The van der Waals surface area contributed by atoms with E-state index in [-0.39, 0.29) is 18.2 Å². The van der Waals surface area contributed by atoms with E-state index in [0.29, 0.717) is 42.0 Å². The predicted molar refractivity (Wildman–Crippen MR) is 129 cm³/mol. The molecule has 168 valence electrons. The van der Waals surface area contributed by atoms with Crippen molar-refractivity contribution in [2.75, 3.05) is 30.0 Å². The number of rotatable bonds is 10. The average molecular weight is 454 g/mol. The van der Waals surface area contributed by atoms with Crippen molar-refractivity contribution < 1.29 is 19.1 Å². The number of carbonyl (C=O) groups excluding carboxylic acids is 2. The van der Waals surface area contributed by atoms with Gasteiger partial charge in [0.2, 0.25) is 5.91 Å². The van der Waals surface area contributed by atoms with E-state index in [1.54, 1.807) is 59.5 Å². The molecular weight excluding hydrogens is 426 g/mol. The third-order valence-corrected chi connectivity index (χ3v) is 5.30. The smallest absolute Gasteiger partial charge is 0.256 e. The number of amides is 2. The molecular formula is C24H27N3O4S. The van der Waals surface area contributed by atoms with Crippen molar-refractivity contribution in [3.05, 3.63) is 61.2 Å². The monoisotopic (exact) mass is 453 g/mol. The molecule has 7 nitrogen and oxygen atoms in total. The van der Waals surface area contributed by atoms with E-state index in [1.807, 2.05) is 13.8 Å². The maximum absolute atomic E-state index is 13.3. The van der Waals surface area contributed by atoms with Crippen LogP contribution < -0.4 is 19.7 Å². The Bertz CT molecular complexity index is 976. The number of anilines is 2. The Hall–Kier alpha value is -3.39. The second-order valence-corrected chi connectivity index (χ2v) is 7.41. The lowest BCUT2D eigenvalue weighted by Crippen LogP contribution is -2.37. The highest BCUT2D eigenvalue weighted by atomic mass is 32.1. The van der Waals surface area contributed by atoms with Crippen molar-refractivity contribution in [3.8, 4) is 11.5 Å². The van der Waals surface area contributed by atoms with Crippen LogP contribution in [0, 0.1) is 0 Å². The van der Waals surface area contributed by atoms with Crippen molar-refractivity contribution in [1.29, 1.82) is 0 Å². The van der Waals surface area contributed by atoms with Crippen LogP contribution in [0.5, 0.6) is 11.5 Å². The number of nitrogens with one attached hydrogen (secondary N) is 1. The van der Waals surface area contributed by atoms with Gasteiger partial charge in [-0.25, -0.2) is 0 Å². The number of benzene rings is 2. The summed E-state index contributed by atoms with van der Waals surface area (Å²) in [5.41, 5.74) is 1.26. The normalized spacial score (nSPS) is 15.6. The van der Waals surface area contributed by atoms with Gasteiger partial charge in [0.1, 0.15) is 17.5 Å². The van der Waals surface area contributed by atoms with E-state index in [1.165, 1.54) is 4.90 Å². The molecule has 0 radical (unpaired) electrons. The molecule has 2 amide bonds. The molecule has 0 bridgehead atoms. The third kappa shape index (κ3) is 5.26. The van der Waals surface area contributed by atoms with Crippen molar-refractivity contribution >= 4 is 40.5 Å². The summed E-state index contributed by atoms with van der Waals surface area (Å²) in [4.78, 5) is 29.1. The van der Waals surface area contributed by atoms with Crippen molar-refractivity contribution in [2.45, 2.75) is 26.3 Å². The van der Waals surface area contributed by atoms with Gasteiger partial charge in [0.25, 0.3) is 5.91 Å². The Kier molecular flexibility index (Phi) is 7.83. The Morgan fingerprint density at radius 3 is 2.16 bits per heavy atom. The Morgan fingerprint density at radius 2 is 1.62 bits per heavy atom. The van der Waals surface area contributed by atoms with E-state index < -0.39 is 6.04 Å². The molecule has 1 aliphatic rings. The predicted octanol–water partition coefficient (Wildman–Crippen LogP) is 4.00. The van der Waals surface area contributed by atoms with Crippen molar-refractivity contribution in [2.24, 2.45) is 0 Å². The van der Waals surface area contributed by atoms with Gasteiger partial charge in [0, 0.05) is 12.2 Å². The minimum Gasteiger partial charge on any atom is -0.494 e. The van der Waals surface area contributed by atoms with E-state index in [2.05, 4.69) is 11.9 Å². The van der Waals surface area contributed by atoms with Gasteiger partial charge >= 0.3 is 0 Å². The quantitative estimate of drug-likeness (QED) is 0.433. The van der Waals surface area contributed by atoms with Crippen LogP contribution in [-0.4, -0.2) is 47.6 Å². The zero-order valence-corrected chi connectivity index (χ0v) is 19.1. The first-order chi connectivity index (χ1) is 15.5. The first-order valence-electron chi connectivity index (χ1n) is 10.5. The van der Waals surface area contributed by atoms with Crippen LogP contribution in [0.25, 0.3) is 0 Å². The second kappa shape index (κ2) is 10.8. The molecule has 1 N–H and O–H groups in total. The fourth-order valence-electron chi connectivity index (χ4n) is 3.46. The third-order valence-electron chi connectivity index (χ3n) is 4.88. The van der Waals surface area contributed by atoms with E-state index in [4.69, 9.17) is 21.7 Å². The van der Waals surface area contributed by atoms with Crippen LogP contribution in [0.15, 0.2) is 61.2 Å². The fraction of sp³-hybridized carbons (Fsp3) is 0.292. The highest BCUT2D eigenvalue weighted by molar-refractivity contribution is 7.80. The van der Waals surface area contributed by atoms with Gasteiger partial charge in [0.05, 0.1) is 25.3 Å². The lowest BCUT2D eigenvalue weighted by molar-refractivity contribution is -0.124. The number of nitrogens with zero attached hydrogens (tertiary/aromatic N) is 2. The summed E-state index contributed by atoms with van der Waals surface area (Å²) < 4.78 is 10.9. The van der Waals surface area contributed by atoms with E-state index in [0.717, 1.165) is 5.75 Å². The highest BCUT2D eigenvalue weighted by Gasteiger charge is 2.43. The van der Waals surface area contributed by atoms with Crippen LogP contribution in [0.3, 0.4) is 0 Å². The average Bonchev–Trinajstić information content (AvgIpc) is 3.00. The van der Waals surface area contributed by atoms with E-state index in [9.17, 15) is 9.59 Å². The Morgan fingerprint density at radius 1 is 1.06 bits per heavy atom. The fourth-order valence-corrected chi connectivity index (χ4v) is 3.86. The van der Waals surface area contributed by atoms with Crippen LogP contribution in [-0.2, 0) is 9.59 Å². The summed E-state index contributed by atoms with van der Waals surface area (Å²) in [5, 5.41) is 3.18. The summed E-state index contributed by atoms with van der Waals surface area (Å²) in [6.07, 6.45) is 1.63. The van der Waals surface area contributed by atoms with Gasteiger partial charge in [-0.3, -0.25) is 14.5 Å². The summed E-state index contributed by atoms with van der Waals surface area (Å²) in [6, 6.07) is 13.5. The SMILES string of the molecule is C=CCN1C(=S)N(c2ccc(OCC)cc2)C(=O)[C@@H]1CC(=O)Nc1ccc(OCC)cc1. The Labute approximate surface area is 193 Å². The van der Waals surface area contributed by atoms with Crippen LogP contribution >= 0.6 is 12.2 Å². The molecule has 0 spiro atoms. The molecule has 0 aliphatic carbocycles. The van der Waals surface area contributed by atoms with Gasteiger partial charge in [-0.1, -0.05) is 6.08 Å². The minimum absolute atomic E-state index is 0.0342. The molecule has 1 saturated heterocycles. The molecule has 0 unspecified atom stereocenters. The Balaban J connectivity index is 1.73. The molecule has 2 aromatic carbocycles. The van der Waals surface area contributed by atoms with Crippen LogP contribution in [0.4, 0.5) is 11.4 Å². The molecule has 8 heteroatoms. The largest absolute Gasteiger partial charge is 0.494 e. The molecule has 3 rings (SSSR count). The summed E-state index contributed by atoms with van der Waals surface area (Å²) in [5.74, 6) is 0.911. The number of hydrogen-bond acceptors (Lipinski definition) is 5. The molecule has 2 aromatic rings. The number of ether oxygens (including phenoxy) is 2. The molecule has 32 heavy (non-hydrogen) atoms. The number of thiocarbonyl (C=S) groups is 1.